The smallest absolute Gasteiger partial charge is 0.227 e. The molecule has 0 radical (unpaired) electrons. The Kier molecular flexibility index (Phi) is 7.09. The van der Waals surface area contributed by atoms with E-state index in [1.54, 1.807) is 22.9 Å². The van der Waals surface area contributed by atoms with Gasteiger partial charge in [0.25, 0.3) is 0 Å². The molecule has 0 saturated carbocycles. The summed E-state index contributed by atoms with van der Waals surface area (Å²) >= 11 is 1.76. The third kappa shape index (κ3) is 5.57. The fourth-order valence-corrected chi connectivity index (χ4v) is 4.80. The van der Waals surface area contributed by atoms with Crippen LogP contribution in [0.4, 0.5) is 11.5 Å². The van der Waals surface area contributed by atoms with Crippen LogP contribution in [0.2, 0.25) is 0 Å². The van der Waals surface area contributed by atoms with Gasteiger partial charge < -0.3 is 19.9 Å². The molecule has 0 aliphatic carbocycles. The topological polar surface area (TPSA) is 74.8 Å². The fourth-order valence-electron chi connectivity index (χ4n) is 3.81. The van der Waals surface area contributed by atoms with Gasteiger partial charge in [-0.05, 0) is 30.7 Å². The number of para-hydroxylation sites is 1. The normalized spacial score (nSPS) is 18.4. The Balaban J connectivity index is 1.23. The highest BCUT2D eigenvalue weighted by Gasteiger charge is 2.23. The first-order chi connectivity index (χ1) is 15.1. The minimum absolute atomic E-state index is 0.00587. The molecule has 1 aromatic heterocycles. The van der Waals surface area contributed by atoms with Crippen LogP contribution in [0.3, 0.4) is 0 Å². The standard InChI is InChI=1S/C23H28N4O3S/c1-17-16-26(10-12-30-17)21-7-6-18(14-24-21)15-25-22(28)8-9-23(29)27-11-13-31-20-5-3-2-4-19(20)27/h2-7,14,17H,8-13,15-16H2,1H3,(H,25,28). The largest absolute Gasteiger partial charge is 0.375 e. The van der Waals surface area contributed by atoms with Crippen molar-refractivity contribution in [2.75, 3.05) is 41.8 Å². The summed E-state index contributed by atoms with van der Waals surface area (Å²) in [6.45, 7) is 5.52. The van der Waals surface area contributed by atoms with Crippen molar-refractivity contribution in [1.29, 1.82) is 0 Å². The summed E-state index contributed by atoms with van der Waals surface area (Å²) in [6.07, 6.45) is 2.39. The zero-order chi connectivity index (χ0) is 21.6. The number of carbonyl (C=O) groups is 2. The van der Waals surface area contributed by atoms with E-state index < -0.39 is 0 Å². The van der Waals surface area contributed by atoms with Crippen LogP contribution in [0, 0.1) is 0 Å². The summed E-state index contributed by atoms with van der Waals surface area (Å²) in [5.74, 6) is 1.67. The number of rotatable bonds is 6. The SMILES string of the molecule is CC1CN(c2ccc(CNC(=O)CCC(=O)N3CCSc4ccccc43)cn2)CCO1. The van der Waals surface area contributed by atoms with Crippen LogP contribution in [0.25, 0.3) is 0 Å². The molecule has 1 N–H and O–H groups in total. The highest BCUT2D eigenvalue weighted by molar-refractivity contribution is 7.99. The van der Waals surface area contributed by atoms with Crippen molar-refractivity contribution >= 4 is 35.1 Å². The second-order valence-electron chi connectivity index (χ2n) is 7.79. The molecule has 31 heavy (non-hydrogen) atoms. The first kappa shape index (κ1) is 21.6. The predicted octanol–water partition coefficient (Wildman–Crippen LogP) is 2.84. The maximum atomic E-state index is 12.7. The fraction of sp³-hybridized carbons (Fsp3) is 0.435. The molecule has 164 valence electrons. The second-order valence-corrected chi connectivity index (χ2v) is 8.93. The number of nitrogens with zero attached hydrogens (tertiary/aromatic N) is 3. The number of morpholine rings is 1. The second kappa shape index (κ2) is 10.2. The molecule has 1 saturated heterocycles. The molecule has 4 rings (SSSR count). The third-order valence-corrected chi connectivity index (χ3v) is 6.50. The number of hydrogen-bond acceptors (Lipinski definition) is 6. The van der Waals surface area contributed by atoms with Crippen molar-refractivity contribution in [3.05, 3.63) is 48.2 Å². The van der Waals surface area contributed by atoms with E-state index in [9.17, 15) is 9.59 Å². The van der Waals surface area contributed by atoms with E-state index >= 15 is 0 Å². The number of ether oxygens (including phenoxy) is 1. The molecular formula is C23H28N4O3S. The first-order valence-corrected chi connectivity index (χ1v) is 11.7. The summed E-state index contributed by atoms with van der Waals surface area (Å²) < 4.78 is 5.57. The van der Waals surface area contributed by atoms with Crippen LogP contribution < -0.4 is 15.1 Å². The maximum absolute atomic E-state index is 12.7. The molecule has 2 aliphatic heterocycles. The lowest BCUT2D eigenvalue weighted by Gasteiger charge is -2.32. The number of thioether (sulfide) groups is 1. The van der Waals surface area contributed by atoms with E-state index in [0.717, 1.165) is 40.8 Å². The van der Waals surface area contributed by atoms with Crippen molar-refractivity contribution in [2.45, 2.75) is 37.3 Å². The summed E-state index contributed by atoms with van der Waals surface area (Å²) in [5, 5.41) is 2.90. The molecule has 1 atom stereocenters. The van der Waals surface area contributed by atoms with Crippen LogP contribution in [-0.2, 0) is 20.9 Å². The van der Waals surface area contributed by atoms with Crippen molar-refractivity contribution in [3.8, 4) is 0 Å². The number of aromatic nitrogens is 1. The summed E-state index contributed by atoms with van der Waals surface area (Å²) in [4.78, 5) is 34.6. The highest BCUT2D eigenvalue weighted by Crippen LogP contribution is 2.34. The van der Waals surface area contributed by atoms with Gasteiger partial charge in [-0.1, -0.05) is 18.2 Å². The van der Waals surface area contributed by atoms with Crippen molar-refractivity contribution in [2.24, 2.45) is 0 Å². The number of amides is 2. The van der Waals surface area contributed by atoms with E-state index in [4.69, 9.17) is 4.74 Å². The highest BCUT2D eigenvalue weighted by atomic mass is 32.2. The zero-order valence-corrected chi connectivity index (χ0v) is 18.6. The average Bonchev–Trinajstić information content (AvgIpc) is 2.81. The van der Waals surface area contributed by atoms with Gasteiger partial charge >= 0.3 is 0 Å². The number of pyridine rings is 1. The summed E-state index contributed by atoms with van der Waals surface area (Å²) in [6, 6.07) is 11.9. The number of carbonyl (C=O) groups excluding carboxylic acids is 2. The lowest BCUT2D eigenvalue weighted by molar-refractivity contribution is -0.125. The van der Waals surface area contributed by atoms with E-state index in [1.807, 2.05) is 36.4 Å². The van der Waals surface area contributed by atoms with Gasteiger partial charge in [-0.3, -0.25) is 9.59 Å². The minimum Gasteiger partial charge on any atom is -0.375 e. The van der Waals surface area contributed by atoms with Gasteiger partial charge in [0.1, 0.15) is 5.82 Å². The Labute approximate surface area is 187 Å². The number of anilines is 2. The van der Waals surface area contributed by atoms with Crippen LogP contribution >= 0.6 is 11.8 Å². The number of hydrogen-bond donors (Lipinski definition) is 1. The molecule has 3 heterocycles. The predicted molar refractivity (Wildman–Crippen MR) is 122 cm³/mol. The molecule has 7 nitrogen and oxygen atoms in total. The molecule has 1 unspecified atom stereocenters. The van der Waals surface area contributed by atoms with Crippen LogP contribution in [-0.4, -0.2) is 54.9 Å². The Morgan fingerprint density at radius 3 is 2.87 bits per heavy atom. The monoisotopic (exact) mass is 440 g/mol. The molecule has 0 spiro atoms. The van der Waals surface area contributed by atoms with E-state index in [-0.39, 0.29) is 30.8 Å². The quantitative estimate of drug-likeness (QED) is 0.745. The molecule has 1 fully saturated rings. The molecule has 0 bridgehead atoms. The van der Waals surface area contributed by atoms with Gasteiger partial charge in [0.05, 0.1) is 18.4 Å². The van der Waals surface area contributed by atoms with Gasteiger partial charge in [-0.25, -0.2) is 4.98 Å². The lowest BCUT2D eigenvalue weighted by atomic mass is 10.2. The first-order valence-electron chi connectivity index (χ1n) is 10.7. The van der Waals surface area contributed by atoms with Gasteiger partial charge in [-0.2, -0.15) is 0 Å². The van der Waals surface area contributed by atoms with E-state index in [0.29, 0.717) is 19.7 Å². The Morgan fingerprint density at radius 2 is 2.06 bits per heavy atom. The Morgan fingerprint density at radius 1 is 1.19 bits per heavy atom. The van der Waals surface area contributed by atoms with E-state index in [1.165, 1.54) is 0 Å². The molecule has 2 aromatic rings. The van der Waals surface area contributed by atoms with Gasteiger partial charge in [0, 0.05) is 55.9 Å². The van der Waals surface area contributed by atoms with Crippen LogP contribution in [0.1, 0.15) is 25.3 Å². The molecule has 2 amide bonds. The summed E-state index contributed by atoms with van der Waals surface area (Å²) in [5.41, 5.74) is 1.89. The summed E-state index contributed by atoms with van der Waals surface area (Å²) in [7, 11) is 0. The van der Waals surface area contributed by atoms with Crippen molar-refractivity contribution in [3.63, 3.8) is 0 Å². The number of fused-ring (bicyclic) bond motifs is 1. The molecule has 1 aromatic carbocycles. The molecule has 8 heteroatoms. The maximum Gasteiger partial charge on any atom is 0.227 e. The van der Waals surface area contributed by atoms with Gasteiger partial charge in [-0.15, -0.1) is 11.8 Å². The zero-order valence-electron chi connectivity index (χ0n) is 17.8. The Hall–Kier alpha value is -2.58. The molecule has 2 aliphatic rings. The van der Waals surface area contributed by atoms with Crippen LogP contribution in [0.5, 0.6) is 0 Å². The van der Waals surface area contributed by atoms with Crippen molar-refractivity contribution in [1.82, 2.24) is 10.3 Å². The average molecular weight is 441 g/mol. The third-order valence-electron chi connectivity index (χ3n) is 5.46. The van der Waals surface area contributed by atoms with Crippen LogP contribution in [0.15, 0.2) is 47.5 Å². The number of nitrogens with one attached hydrogen (secondary N) is 1. The van der Waals surface area contributed by atoms with E-state index in [2.05, 4.69) is 22.1 Å². The van der Waals surface area contributed by atoms with Gasteiger partial charge in [0.2, 0.25) is 11.8 Å². The number of benzene rings is 1. The Bertz CT molecular complexity index is 921. The molecular weight excluding hydrogens is 412 g/mol. The van der Waals surface area contributed by atoms with Gasteiger partial charge in [0.15, 0.2) is 0 Å². The lowest BCUT2D eigenvalue weighted by Crippen LogP contribution is -2.41. The minimum atomic E-state index is -0.126. The van der Waals surface area contributed by atoms with Crippen molar-refractivity contribution < 1.29 is 14.3 Å².